The topological polar surface area (TPSA) is 44.0 Å². The number of benzene rings is 1. The van der Waals surface area contributed by atoms with Crippen molar-refractivity contribution in [2.24, 2.45) is 11.3 Å². The Morgan fingerprint density at radius 1 is 1.56 bits per heavy atom. The fourth-order valence-corrected chi connectivity index (χ4v) is 3.20. The van der Waals surface area contributed by atoms with Crippen molar-refractivity contribution in [2.45, 2.75) is 38.7 Å². The minimum atomic E-state index is -0.746. The summed E-state index contributed by atoms with van der Waals surface area (Å²) < 4.78 is 0. The molecular formula is C15H18ClNO. The van der Waals surface area contributed by atoms with Gasteiger partial charge in [-0.1, -0.05) is 43.5 Å². The SMILES string of the molecule is CC1CCCC(C#N)(C(O)c2cccc(Cl)c2)C1. The molecule has 3 unspecified atom stereocenters. The zero-order valence-electron chi connectivity index (χ0n) is 10.6. The summed E-state index contributed by atoms with van der Waals surface area (Å²) in [5.74, 6) is 0.493. The van der Waals surface area contributed by atoms with Crippen LogP contribution in [0.2, 0.25) is 5.02 Å². The molecule has 3 heteroatoms. The Kier molecular flexibility index (Phi) is 3.94. The maximum atomic E-state index is 10.6. The van der Waals surface area contributed by atoms with Crippen molar-refractivity contribution in [3.8, 4) is 6.07 Å². The van der Waals surface area contributed by atoms with Crippen LogP contribution in [0.5, 0.6) is 0 Å². The maximum Gasteiger partial charge on any atom is 0.0976 e. The summed E-state index contributed by atoms with van der Waals surface area (Å²) in [7, 11) is 0. The Bertz CT molecular complexity index is 468. The van der Waals surface area contributed by atoms with Crippen LogP contribution in [0.25, 0.3) is 0 Å². The van der Waals surface area contributed by atoms with E-state index in [0.717, 1.165) is 31.2 Å². The van der Waals surface area contributed by atoms with Crippen molar-refractivity contribution in [1.82, 2.24) is 0 Å². The molecule has 18 heavy (non-hydrogen) atoms. The van der Waals surface area contributed by atoms with Gasteiger partial charge in [0.25, 0.3) is 0 Å². The molecule has 0 spiro atoms. The number of nitrogens with zero attached hydrogens (tertiary/aromatic N) is 1. The molecule has 0 radical (unpaired) electrons. The van der Waals surface area contributed by atoms with Crippen molar-refractivity contribution in [3.63, 3.8) is 0 Å². The first kappa shape index (κ1) is 13.4. The largest absolute Gasteiger partial charge is 0.387 e. The molecule has 1 fully saturated rings. The van der Waals surface area contributed by atoms with E-state index in [9.17, 15) is 10.4 Å². The third-order valence-corrected chi connectivity index (χ3v) is 4.18. The van der Waals surface area contributed by atoms with Crippen LogP contribution in [0.15, 0.2) is 24.3 Å². The number of hydrogen-bond donors (Lipinski definition) is 1. The van der Waals surface area contributed by atoms with E-state index >= 15 is 0 Å². The highest BCUT2D eigenvalue weighted by Crippen LogP contribution is 2.47. The third-order valence-electron chi connectivity index (χ3n) is 3.94. The first-order valence-electron chi connectivity index (χ1n) is 6.42. The average molecular weight is 264 g/mol. The van der Waals surface area contributed by atoms with Gasteiger partial charge in [-0.25, -0.2) is 0 Å². The average Bonchev–Trinajstić information content (AvgIpc) is 2.37. The second-order valence-corrected chi connectivity index (χ2v) is 5.86. The van der Waals surface area contributed by atoms with Crippen LogP contribution in [-0.2, 0) is 0 Å². The minimum absolute atomic E-state index is 0.493. The Labute approximate surface area is 113 Å². The lowest BCUT2D eigenvalue weighted by molar-refractivity contribution is 0.0219. The highest BCUT2D eigenvalue weighted by atomic mass is 35.5. The lowest BCUT2D eigenvalue weighted by atomic mass is 9.66. The second kappa shape index (κ2) is 5.30. The van der Waals surface area contributed by atoms with Gasteiger partial charge in [0, 0.05) is 5.02 Å². The first-order valence-corrected chi connectivity index (χ1v) is 6.80. The summed E-state index contributed by atoms with van der Waals surface area (Å²) in [6.45, 7) is 2.15. The van der Waals surface area contributed by atoms with Crippen LogP contribution in [0, 0.1) is 22.7 Å². The van der Waals surface area contributed by atoms with Crippen LogP contribution in [0.3, 0.4) is 0 Å². The predicted molar refractivity (Wildman–Crippen MR) is 72.1 cm³/mol. The van der Waals surface area contributed by atoms with Gasteiger partial charge in [-0.3, -0.25) is 0 Å². The van der Waals surface area contributed by atoms with Gasteiger partial charge in [0.15, 0.2) is 0 Å². The van der Waals surface area contributed by atoms with E-state index in [4.69, 9.17) is 11.6 Å². The molecule has 96 valence electrons. The summed E-state index contributed by atoms with van der Waals surface area (Å²) in [4.78, 5) is 0. The van der Waals surface area contributed by atoms with Crippen molar-refractivity contribution in [3.05, 3.63) is 34.9 Å². The molecule has 2 nitrogen and oxygen atoms in total. The lowest BCUT2D eigenvalue weighted by Crippen LogP contribution is -2.32. The Balaban J connectivity index is 2.30. The molecule has 0 aliphatic heterocycles. The monoisotopic (exact) mass is 263 g/mol. The molecule has 0 bridgehead atoms. The Morgan fingerprint density at radius 2 is 2.33 bits per heavy atom. The number of aliphatic hydroxyl groups excluding tert-OH is 1. The van der Waals surface area contributed by atoms with Gasteiger partial charge in [0.1, 0.15) is 0 Å². The zero-order valence-corrected chi connectivity index (χ0v) is 11.3. The van der Waals surface area contributed by atoms with Crippen LogP contribution >= 0.6 is 11.6 Å². The minimum Gasteiger partial charge on any atom is -0.387 e. The lowest BCUT2D eigenvalue weighted by Gasteiger charge is -2.38. The molecule has 1 aromatic carbocycles. The molecule has 0 heterocycles. The molecular weight excluding hydrogens is 246 g/mol. The van der Waals surface area contributed by atoms with E-state index in [1.165, 1.54) is 0 Å². The van der Waals surface area contributed by atoms with E-state index in [0.29, 0.717) is 10.9 Å². The standard InChI is InChI=1S/C15H18ClNO/c1-11-4-3-7-15(9-11,10-17)14(18)12-5-2-6-13(16)8-12/h2,5-6,8,11,14,18H,3-4,7,9H2,1H3. The highest BCUT2D eigenvalue weighted by Gasteiger charge is 2.42. The number of aliphatic hydroxyl groups is 1. The van der Waals surface area contributed by atoms with E-state index < -0.39 is 11.5 Å². The van der Waals surface area contributed by atoms with Gasteiger partial charge in [-0.05, 0) is 36.5 Å². The van der Waals surface area contributed by atoms with Gasteiger partial charge in [-0.15, -0.1) is 0 Å². The first-order chi connectivity index (χ1) is 8.57. The molecule has 0 aromatic heterocycles. The van der Waals surface area contributed by atoms with Crippen LogP contribution < -0.4 is 0 Å². The number of hydrogen-bond acceptors (Lipinski definition) is 2. The van der Waals surface area contributed by atoms with E-state index in [-0.39, 0.29) is 0 Å². The van der Waals surface area contributed by atoms with E-state index in [1.807, 2.05) is 12.1 Å². The molecule has 2 rings (SSSR count). The molecule has 1 aromatic rings. The summed E-state index contributed by atoms with van der Waals surface area (Å²) in [6.07, 6.45) is 2.93. The number of rotatable bonds is 2. The highest BCUT2D eigenvalue weighted by molar-refractivity contribution is 6.30. The number of halogens is 1. The maximum absolute atomic E-state index is 10.6. The molecule has 1 saturated carbocycles. The molecule has 3 atom stereocenters. The van der Waals surface area contributed by atoms with E-state index in [2.05, 4.69) is 13.0 Å². The molecule has 1 aliphatic carbocycles. The van der Waals surface area contributed by atoms with Crippen molar-refractivity contribution < 1.29 is 5.11 Å². The predicted octanol–water partition coefficient (Wildman–Crippen LogP) is 4.09. The summed E-state index contributed by atoms with van der Waals surface area (Å²) in [6, 6.07) is 9.56. The van der Waals surface area contributed by atoms with E-state index in [1.54, 1.807) is 12.1 Å². The van der Waals surface area contributed by atoms with Gasteiger partial charge < -0.3 is 5.11 Å². The van der Waals surface area contributed by atoms with Crippen LogP contribution in [0.1, 0.15) is 44.3 Å². The van der Waals surface area contributed by atoms with Crippen LogP contribution in [-0.4, -0.2) is 5.11 Å². The number of nitriles is 1. The Hall–Kier alpha value is -1.04. The second-order valence-electron chi connectivity index (χ2n) is 5.43. The van der Waals surface area contributed by atoms with Crippen molar-refractivity contribution in [2.75, 3.05) is 0 Å². The van der Waals surface area contributed by atoms with Crippen molar-refractivity contribution in [1.29, 1.82) is 5.26 Å². The van der Waals surface area contributed by atoms with Gasteiger partial charge in [-0.2, -0.15) is 5.26 Å². The molecule has 1 aliphatic rings. The smallest absolute Gasteiger partial charge is 0.0976 e. The fourth-order valence-electron chi connectivity index (χ4n) is 3.00. The quantitative estimate of drug-likeness (QED) is 0.873. The summed E-state index contributed by atoms with van der Waals surface area (Å²) in [5, 5.41) is 20.7. The van der Waals surface area contributed by atoms with Crippen LogP contribution in [0.4, 0.5) is 0 Å². The van der Waals surface area contributed by atoms with Gasteiger partial charge in [0.2, 0.25) is 0 Å². The molecule has 0 saturated heterocycles. The third kappa shape index (κ3) is 2.53. The molecule has 0 amide bonds. The van der Waals surface area contributed by atoms with Crippen molar-refractivity contribution >= 4 is 11.6 Å². The Morgan fingerprint density at radius 3 is 2.94 bits per heavy atom. The zero-order chi connectivity index (χ0) is 13.2. The summed E-state index contributed by atoms with van der Waals surface area (Å²) in [5.41, 5.74) is 0.0978. The van der Waals surface area contributed by atoms with Gasteiger partial charge in [0.05, 0.1) is 17.6 Å². The molecule has 1 N–H and O–H groups in total. The summed E-state index contributed by atoms with van der Waals surface area (Å²) >= 11 is 5.95. The normalized spacial score (nSPS) is 29.6. The van der Waals surface area contributed by atoms with Gasteiger partial charge >= 0.3 is 0 Å². The fraction of sp³-hybridized carbons (Fsp3) is 0.533.